The lowest BCUT2D eigenvalue weighted by Crippen LogP contribution is -1.99. The van der Waals surface area contributed by atoms with Crippen LogP contribution in [-0.4, -0.2) is 9.55 Å². The van der Waals surface area contributed by atoms with Gasteiger partial charge in [0.15, 0.2) is 0 Å². The molecule has 0 unspecified atom stereocenters. The van der Waals surface area contributed by atoms with Gasteiger partial charge in [0.25, 0.3) is 0 Å². The Morgan fingerprint density at radius 1 is 1.21 bits per heavy atom. The van der Waals surface area contributed by atoms with Gasteiger partial charge in [-0.25, -0.2) is 4.98 Å². The first-order chi connectivity index (χ1) is 9.15. The fourth-order valence-electron chi connectivity index (χ4n) is 2.15. The van der Waals surface area contributed by atoms with Crippen LogP contribution in [0.1, 0.15) is 11.6 Å². The predicted octanol–water partition coefficient (Wildman–Crippen LogP) is 4.26. The first kappa shape index (κ1) is 12.6. The number of furan rings is 1. The van der Waals surface area contributed by atoms with Gasteiger partial charge in [0.05, 0.1) is 27.3 Å². The summed E-state index contributed by atoms with van der Waals surface area (Å²) in [5.41, 5.74) is 1.86. The third-order valence-electron chi connectivity index (χ3n) is 3.19. The van der Waals surface area contributed by atoms with Gasteiger partial charge >= 0.3 is 0 Å². The fourth-order valence-corrected chi connectivity index (χ4v) is 2.47. The highest BCUT2D eigenvalue weighted by Crippen LogP contribution is 2.28. The zero-order valence-electron chi connectivity index (χ0n) is 10.4. The molecule has 0 N–H and O–H groups in total. The number of nitrogens with zero attached hydrogens (tertiary/aromatic N) is 2. The van der Waals surface area contributed by atoms with E-state index < -0.39 is 0 Å². The summed E-state index contributed by atoms with van der Waals surface area (Å²) in [5, 5.41) is 1.08. The topological polar surface area (TPSA) is 31.0 Å². The number of aryl methyl sites for hydroxylation is 3. The van der Waals surface area contributed by atoms with Gasteiger partial charge in [-0.3, -0.25) is 0 Å². The average Bonchev–Trinajstić information content (AvgIpc) is 2.99. The first-order valence-electron chi connectivity index (χ1n) is 5.98. The van der Waals surface area contributed by atoms with Gasteiger partial charge in [0, 0.05) is 19.9 Å². The zero-order chi connectivity index (χ0) is 13.4. The molecule has 98 valence electrons. The summed E-state index contributed by atoms with van der Waals surface area (Å²) < 4.78 is 7.37. The predicted molar refractivity (Wildman–Crippen MR) is 76.9 cm³/mol. The number of benzene rings is 1. The highest BCUT2D eigenvalue weighted by atomic mass is 35.5. The molecule has 0 aliphatic rings. The van der Waals surface area contributed by atoms with Crippen molar-refractivity contribution < 1.29 is 4.42 Å². The van der Waals surface area contributed by atoms with Crippen LogP contribution in [0.15, 0.2) is 34.9 Å². The van der Waals surface area contributed by atoms with E-state index in [0.717, 1.165) is 35.5 Å². The van der Waals surface area contributed by atoms with Gasteiger partial charge in [0.1, 0.15) is 11.6 Å². The van der Waals surface area contributed by atoms with Crippen molar-refractivity contribution in [3.63, 3.8) is 0 Å². The van der Waals surface area contributed by atoms with Crippen LogP contribution in [-0.2, 0) is 19.9 Å². The summed E-state index contributed by atoms with van der Waals surface area (Å²) in [6, 6.07) is 7.51. The third-order valence-corrected chi connectivity index (χ3v) is 3.91. The maximum atomic E-state index is 6.04. The lowest BCUT2D eigenvalue weighted by atomic mass is 10.2. The molecule has 5 heteroatoms. The van der Waals surface area contributed by atoms with Crippen molar-refractivity contribution in [2.24, 2.45) is 7.05 Å². The lowest BCUT2D eigenvalue weighted by Gasteiger charge is -2.01. The van der Waals surface area contributed by atoms with Gasteiger partial charge in [-0.15, -0.1) is 0 Å². The molecule has 0 amide bonds. The van der Waals surface area contributed by atoms with E-state index in [9.17, 15) is 0 Å². The van der Waals surface area contributed by atoms with Crippen molar-refractivity contribution in [3.8, 4) is 0 Å². The zero-order valence-corrected chi connectivity index (χ0v) is 11.9. The van der Waals surface area contributed by atoms with Gasteiger partial charge in [-0.2, -0.15) is 0 Å². The Bertz CT molecular complexity index is 717. The summed E-state index contributed by atoms with van der Waals surface area (Å²) in [6.07, 6.45) is 3.32. The number of fused-ring (bicyclic) bond motifs is 1. The van der Waals surface area contributed by atoms with Crippen LogP contribution in [0.25, 0.3) is 11.0 Å². The largest absolute Gasteiger partial charge is 0.469 e. The van der Waals surface area contributed by atoms with Crippen molar-refractivity contribution in [2.75, 3.05) is 0 Å². The fraction of sp³-hybridized carbons (Fsp3) is 0.214. The van der Waals surface area contributed by atoms with Crippen LogP contribution in [0.4, 0.5) is 0 Å². The first-order valence-corrected chi connectivity index (χ1v) is 6.73. The van der Waals surface area contributed by atoms with Crippen LogP contribution in [0.3, 0.4) is 0 Å². The Kier molecular flexibility index (Phi) is 3.25. The lowest BCUT2D eigenvalue weighted by molar-refractivity contribution is 0.505. The second kappa shape index (κ2) is 4.91. The second-order valence-corrected chi connectivity index (χ2v) is 5.24. The molecule has 1 aromatic carbocycles. The number of rotatable bonds is 3. The second-order valence-electron chi connectivity index (χ2n) is 4.42. The molecule has 0 bridgehead atoms. The Balaban J connectivity index is 1.93. The van der Waals surface area contributed by atoms with E-state index in [2.05, 4.69) is 4.98 Å². The number of halogens is 2. The SMILES string of the molecule is Cn1c(CCc2ccco2)nc2cc(Cl)c(Cl)cc21. The minimum absolute atomic E-state index is 0.532. The normalized spacial score (nSPS) is 11.3. The molecular formula is C14H12Cl2N2O. The molecule has 3 aromatic rings. The van der Waals surface area contributed by atoms with Crippen molar-refractivity contribution in [2.45, 2.75) is 12.8 Å². The van der Waals surface area contributed by atoms with Gasteiger partial charge in [0.2, 0.25) is 0 Å². The molecule has 0 fully saturated rings. The summed E-state index contributed by atoms with van der Waals surface area (Å²) >= 11 is 12.1. The van der Waals surface area contributed by atoms with E-state index in [0.29, 0.717) is 10.0 Å². The standard InChI is InChI=1S/C14H12Cl2N2O/c1-18-13-8-11(16)10(15)7-12(13)17-14(18)5-4-9-3-2-6-19-9/h2-3,6-8H,4-5H2,1H3. The minimum Gasteiger partial charge on any atom is -0.469 e. The van der Waals surface area contributed by atoms with Gasteiger partial charge < -0.3 is 8.98 Å². The summed E-state index contributed by atoms with van der Waals surface area (Å²) in [4.78, 5) is 4.59. The van der Waals surface area contributed by atoms with E-state index >= 15 is 0 Å². The van der Waals surface area contributed by atoms with E-state index in [1.807, 2.05) is 29.8 Å². The van der Waals surface area contributed by atoms with Crippen molar-refractivity contribution in [3.05, 3.63) is 52.2 Å². The van der Waals surface area contributed by atoms with E-state index in [4.69, 9.17) is 27.6 Å². The monoisotopic (exact) mass is 294 g/mol. The van der Waals surface area contributed by atoms with Gasteiger partial charge in [-0.05, 0) is 24.3 Å². The Morgan fingerprint density at radius 3 is 2.74 bits per heavy atom. The number of hydrogen-bond acceptors (Lipinski definition) is 2. The van der Waals surface area contributed by atoms with Crippen LogP contribution in [0.5, 0.6) is 0 Å². The molecule has 0 atom stereocenters. The Labute approximate surface area is 120 Å². The average molecular weight is 295 g/mol. The van der Waals surface area contributed by atoms with Crippen molar-refractivity contribution >= 4 is 34.2 Å². The van der Waals surface area contributed by atoms with E-state index in [1.165, 1.54) is 0 Å². The van der Waals surface area contributed by atoms with Crippen LogP contribution >= 0.6 is 23.2 Å². The molecule has 0 spiro atoms. The quantitative estimate of drug-likeness (QED) is 0.723. The van der Waals surface area contributed by atoms with E-state index in [1.54, 1.807) is 12.3 Å². The number of imidazole rings is 1. The van der Waals surface area contributed by atoms with Crippen molar-refractivity contribution in [1.82, 2.24) is 9.55 Å². The smallest absolute Gasteiger partial charge is 0.110 e. The molecule has 0 saturated heterocycles. The molecule has 3 rings (SSSR count). The highest BCUT2D eigenvalue weighted by Gasteiger charge is 2.11. The molecule has 2 aromatic heterocycles. The van der Waals surface area contributed by atoms with Gasteiger partial charge in [-0.1, -0.05) is 23.2 Å². The molecule has 0 aliphatic carbocycles. The van der Waals surface area contributed by atoms with Crippen LogP contribution < -0.4 is 0 Å². The Morgan fingerprint density at radius 2 is 2.00 bits per heavy atom. The van der Waals surface area contributed by atoms with Crippen LogP contribution in [0.2, 0.25) is 10.0 Å². The maximum Gasteiger partial charge on any atom is 0.110 e. The summed E-state index contributed by atoms with van der Waals surface area (Å²) in [7, 11) is 1.98. The molecule has 3 nitrogen and oxygen atoms in total. The Hall–Kier alpha value is -1.45. The summed E-state index contributed by atoms with van der Waals surface area (Å²) in [6.45, 7) is 0. The van der Waals surface area contributed by atoms with Crippen molar-refractivity contribution in [1.29, 1.82) is 0 Å². The molecule has 0 aliphatic heterocycles. The number of aromatic nitrogens is 2. The molecule has 0 radical (unpaired) electrons. The molecule has 19 heavy (non-hydrogen) atoms. The van der Waals surface area contributed by atoms with Crippen LogP contribution in [0, 0.1) is 0 Å². The number of hydrogen-bond donors (Lipinski definition) is 0. The molecule has 0 saturated carbocycles. The van der Waals surface area contributed by atoms with E-state index in [-0.39, 0.29) is 0 Å². The maximum absolute atomic E-state index is 6.04. The summed E-state index contributed by atoms with van der Waals surface area (Å²) in [5.74, 6) is 1.95. The molecular weight excluding hydrogens is 283 g/mol. The molecule has 2 heterocycles. The highest BCUT2D eigenvalue weighted by molar-refractivity contribution is 6.42. The third kappa shape index (κ3) is 2.36. The minimum atomic E-state index is 0.532.